The lowest BCUT2D eigenvalue weighted by atomic mass is 9.98. The third-order valence-electron chi connectivity index (χ3n) is 10.4. The summed E-state index contributed by atoms with van der Waals surface area (Å²) in [4.78, 5) is 88.2. The second kappa shape index (κ2) is 18.2. The van der Waals surface area contributed by atoms with Gasteiger partial charge in [-0.25, -0.2) is 0 Å². The Kier molecular flexibility index (Phi) is 13.4. The Morgan fingerprint density at radius 2 is 1.28 bits per heavy atom. The molecule has 3 heterocycles. The van der Waals surface area contributed by atoms with Crippen LogP contribution < -0.4 is 30.2 Å². The number of likely N-dealkylation sites (N-methyl/N-ethyl adjacent to an activating group) is 3. The number of aliphatic hydroxyl groups excluding tert-OH is 1. The van der Waals surface area contributed by atoms with E-state index in [2.05, 4.69) is 16.0 Å². The van der Waals surface area contributed by atoms with Crippen LogP contribution in [0.3, 0.4) is 0 Å². The van der Waals surface area contributed by atoms with E-state index in [1.54, 1.807) is 66.7 Å². The summed E-state index contributed by atoms with van der Waals surface area (Å²) in [5.74, 6) is -2.28. The summed E-state index contributed by atoms with van der Waals surface area (Å²) in [6, 6.07) is 11.4. The number of nitrogens with one attached hydrogen (secondary N) is 3. The van der Waals surface area contributed by atoms with E-state index in [0.717, 1.165) is 4.90 Å². The van der Waals surface area contributed by atoms with Crippen LogP contribution in [0.1, 0.15) is 30.5 Å². The van der Waals surface area contributed by atoms with Crippen LogP contribution in [0.2, 0.25) is 0 Å². The summed E-state index contributed by atoms with van der Waals surface area (Å²) in [6.45, 7) is 2.05. The lowest BCUT2D eigenvalue weighted by molar-refractivity contribution is -0.149. The van der Waals surface area contributed by atoms with Crippen LogP contribution in [0.4, 0.5) is 0 Å². The number of carbonyl (C=O) groups excluding carboxylic acids is 6. The van der Waals surface area contributed by atoms with Gasteiger partial charge in [-0.1, -0.05) is 30.3 Å². The summed E-state index contributed by atoms with van der Waals surface area (Å²) in [5, 5.41) is 18.2. The van der Waals surface area contributed by atoms with Crippen LogP contribution in [0, 0.1) is 0 Å². The average Bonchev–Trinajstić information content (AvgIpc) is 3.21. The summed E-state index contributed by atoms with van der Waals surface area (Å²) in [5.41, 5.74) is 1.92. The Labute approximate surface area is 331 Å². The number of benzene rings is 3. The van der Waals surface area contributed by atoms with Gasteiger partial charge in [-0.2, -0.15) is 0 Å². The van der Waals surface area contributed by atoms with Crippen molar-refractivity contribution in [2.75, 3.05) is 42.0 Å². The zero-order valence-corrected chi connectivity index (χ0v) is 33.1. The van der Waals surface area contributed by atoms with Gasteiger partial charge in [0.2, 0.25) is 35.4 Å². The van der Waals surface area contributed by atoms with Crippen molar-refractivity contribution in [2.24, 2.45) is 0 Å². The number of fused-ring (bicyclic) bond motifs is 2. The zero-order valence-electron chi connectivity index (χ0n) is 33.1. The largest absolute Gasteiger partial charge is 0.497 e. The van der Waals surface area contributed by atoms with Crippen LogP contribution in [-0.4, -0.2) is 133 Å². The molecule has 3 aliphatic heterocycles. The fraction of sp³-hybridized carbons (Fsp3) is 0.415. The third-order valence-corrected chi connectivity index (χ3v) is 10.4. The van der Waals surface area contributed by atoms with Gasteiger partial charge < -0.3 is 50.0 Å². The van der Waals surface area contributed by atoms with Crippen molar-refractivity contribution in [2.45, 2.75) is 69.4 Å². The fourth-order valence-electron chi connectivity index (χ4n) is 6.86. The van der Waals surface area contributed by atoms with Gasteiger partial charge >= 0.3 is 0 Å². The quantitative estimate of drug-likeness (QED) is 0.288. The lowest BCUT2D eigenvalue weighted by Crippen LogP contribution is -2.62. The molecule has 16 nitrogen and oxygen atoms in total. The van der Waals surface area contributed by atoms with Gasteiger partial charge in [0.15, 0.2) is 11.5 Å². The molecule has 6 bridgehead atoms. The van der Waals surface area contributed by atoms with Gasteiger partial charge in [0, 0.05) is 40.4 Å². The molecule has 0 unspecified atom stereocenters. The van der Waals surface area contributed by atoms with Gasteiger partial charge in [-0.3, -0.25) is 28.8 Å². The number of aliphatic hydroxyl groups is 1. The van der Waals surface area contributed by atoms with E-state index in [9.17, 15) is 33.9 Å². The molecule has 1 saturated heterocycles. The maximum atomic E-state index is 14.7. The number of amides is 6. The smallest absolute Gasteiger partial charge is 0.247 e. The molecule has 4 N–H and O–H groups in total. The molecule has 3 aromatic rings. The van der Waals surface area contributed by atoms with E-state index < -0.39 is 78.3 Å². The molecule has 0 aliphatic carbocycles. The number of hydrogen-bond acceptors (Lipinski definition) is 10. The van der Waals surface area contributed by atoms with Crippen molar-refractivity contribution in [1.29, 1.82) is 0 Å². The van der Waals surface area contributed by atoms with Crippen molar-refractivity contribution < 1.29 is 48.1 Å². The van der Waals surface area contributed by atoms with Crippen LogP contribution in [-0.2, 0) is 48.0 Å². The first kappa shape index (κ1) is 42.0. The molecule has 0 aromatic heterocycles. The van der Waals surface area contributed by atoms with Crippen molar-refractivity contribution >= 4 is 35.4 Å². The molecular formula is C41H50N6O10. The minimum Gasteiger partial charge on any atom is -0.497 e. The zero-order chi connectivity index (χ0) is 41.6. The van der Waals surface area contributed by atoms with E-state index in [1.807, 2.05) is 0 Å². The van der Waals surface area contributed by atoms with E-state index >= 15 is 0 Å². The van der Waals surface area contributed by atoms with Crippen LogP contribution in [0.5, 0.6) is 23.0 Å². The molecule has 3 aromatic carbocycles. The van der Waals surface area contributed by atoms with E-state index in [4.69, 9.17) is 14.2 Å². The van der Waals surface area contributed by atoms with Crippen molar-refractivity contribution in [3.8, 4) is 23.0 Å². The van der Waals surface area contributed by atoms with Gasteiger partial charge in [0.25, 0.3) is 0 Å². The normalized spacial score (nSPS) is 24.1. The number of hydrogen-bond donors (Lipinski definition) is 4. The topological polar surface area (TPSA) is 196 Å². The third kappa shape index (κ3) is 9.63. The molecule has 6 atom stereocenters. The standard InChI is InChI=1S/C41H50N6O10/c1-23-36(49)44-30(22-48)40(53)45(3)31(18-25-8-13-28(55-6)14-9-25)38(51)43-24(2)39(52)47(5)33-19-26-10-15-29(16-11-26)57-35-21-27(12-17-34(35)56-7)20-32(37(50)42-23)46(4)41(33)54/h8-17,21,23-24,30-33,48H,18-20,22H2,1-7H3,(H,42,50)(H,43,51)(H,44,49)/t23-,24+,30+,31-,32+,33+/m1/s1. The molecular weight excluding hydrogens is 736 g/mol. The predicted octanol–water partition coefficient (Wildman–Crippen LogP) is 0.819. The van der Waals surface area contributed by atoms with Crippen LogP contribution in [0.15, 0.2) is 66.7 Å². The highest BCUT2D eigenvalue weighted by Gasteiger charge is 2.39. The molecule has 0 spiro atoms. The first-order valence-corrected chi connectivity index (χ1v) is 18.5. The molecule has 0 saturated carbocycles. The number of ether oxygens (including phenoxy) is 3. The SMILES string of the molecule is COc1ccc(C[C@@H]2C(=O)N[C@@H](C)C(=O)N(C)[C@H]3Cc4ccc(cc4)Oc4cc(ccc4OC)C[C@@H](C(=O)N[C@H](C)C(=O)N[C@@H](CO)C(=O)N2C)N(C)C3=O)cc1. The second-order valence-electron chi connectivity index (χ2n) is 14.3. The second-order valence-corrected chi connectivity index (χ2v) is 14.3. The molecule has 3 aliphatic rings. The molecule has 6 rings (SSSR count). The lowest BCUT2D eigenvalue weighted by Gasteiger charge is -2.37. The Bertz CT molecular complexity index is 1970. The Balaban J connectivity index is 1.59. The maximum absolute atomic E-state index is 14.7. The summed E-state index contributed by atoms with van der Waals surface area (Å²) >= 11 is 0. The summed E-state index contributed by atoms with van der Waals surface area (Å²) in [6.07, 6.45) is -0.000603. The number of nitrogens with zero attached hydrogens (tertiary/aromatic N) is 3. The van der Waals surface area contributed by atoms with Gasteiger partial charge in [0.05, 0.1) is 20.8 Å². The first-order chi connectivity index (χ1) is 27.1. The Hall–Kier alpha value is -6.16. The monoisotopic (exact) mass is 786 g/mol. The van der Waals surface area contributed by atoms with Gasteiger partial charge in [-0.05, 0) is 66.9 Å². The highest BCUT2D eigenvalue weighted by Crippen LogP contribution is 2.34. The number of rotatable bonds is 5. The first-order valence-electron chi connectivity index (χ1n) is 18.5. The summed E-state index contributed by atoms with van der Waals surface area (Å²) in [7, 11) is 7.27. The Morgan fingerprint density at radius 1 is 0.667 bits per heavy atom. The minimum absolute atomic E-state index is 0.00390. The molecule has 16 heteroatoms. The van der Waals surface area contributed by atoms with Crippen LogP contribution >= 0.6 is 0 Å². The number of methoxy groups -OCH3 is 2. The predicted molar refractivity (Wildman–Crippen MR) is 208 cm³/mol. The highest BCUT2D eigenvalue weighted by molar-refractivity contribution is 5.98. The fourth-order valence-corrected chi connectivity index (χ4v) is 6.86. The minimum atomic E-state index is -1.50. The maximum Gasteiger partial charge on any atom is 0.247 e. The van der Waals surface area contributed by atoms with Crippen molar-refractivity contribution in [1.82, 2.24) is 30.7 Å². The molecule has 0 radical (unpaired) electrons. The highest BCUT2D eigenvalue weighted by atomic mass is 16.5. The Morgan fingerprint density at radius 3 is 1.91 bits per heavy atom. The van der Waals surface area contributed by atoms with Crippen molar-refractivity contribution in [3.63, 3.8) is 0 Å². The average molecular weight is 787 g/mol. The van der Waals surface area contributed by atoms with Crippen LogP contribution in [0.25, 0.3) is 0 Å². The molecule has 57 heavy (non-hydrogen) atoms. The van der Waals surface area contributed by atoms with Gasteiger partial charge in [0.1, 0.15) is 47.8 Å². The van der Waals surface area contributed by atoms with Gasteiger partial charge in [-0.15, -0.1) is 0 Å². The molecule has 1 fully saturated rings. The van der Waals surface area contributed by atoms with E-state index in [0.29, 0.717) is 39.7 Å². The molecule has 6 amide bonds. The van der Waals surface area contributed by atoms with Crippen molar-refractivity contribution in [3.05, 3.63) is 83.4 Å². The number of carbonyl (C=O) groups is 6. The molecule has 304 valence electrons. The summed E-state index contributed by atoms with van der Waals surface area (Å²) < 4.78 is 16.9. The van der Waals surface area contributed by atoms with E-state index in [1.165, 1.54) is 59.0 Å². The van der Waals surface area contributed by atoms with E-state index in [-0.39, 0.29) is 19.3 Å².